The number of nitrogens with one attached hydrogen (secondary N) is 2. The van der Waals surface area contributed by atoms with E-state index < -0.39 is 0 Å². The fraction of sp³-hybridized carbons (Fsp3) is 0.190. The van der Waals surface area contributed by atoms with Crippen molar-refractivity contribution in [3.63, 3.8) is 0 Å². The SMILES string of the molecule is COc1cc2nc(=S)n(CCNC(=O)c3c[nH]c4ccccc34)c(N)c2cc1OC. The highest BCUT2D eigenvalue weighted by Crippen LogP contribution is 2.33. The second kappa shape index (κ2) is 8.03. The monoisotopic (exact) mass is 423 g/mol. The second-order valence-electron chi connectivity index (χ2n) is 6.66. The first-order valence-electron chi connectivity index (χ1n) is 9.30. The van der Waals surface area contributed by atoms with Gasteiger partial charge < -0.3 is 30.1 Å². The lowest BCUT2D eigenvalue weighted by atomic mass is 10.1. The lowest BCUT2D eigenvalue weighted by Gasteiger charge is -2.15. The molecule has 4 N–H and O–H groups in total. The van der Waals surface area contributed by atoms with Gasteiger partial charge >= 0.3 is 0 Å². The number of hydrogen-bond acceptors (Lipinski definition) is 6. The average molecular weight is 423 g/mol. The fourth-order valence-corrected chi connectivity index (χ4v) is 3.72. The molecule has 2 aromatic carbocycles. The Labute approximate surface area is 177 Å². The van der Waals surface area contributed by atoms with Gasteiger partial charge in [-0.1, -0.05) is 18.2 Å². The number of H-pyrrole nitrogens is 1. The van der Waals surface area contributed by atoms with Crippen LogP contribution in [0, 0.1) is 4.77 Å². The quantitative estimate of drug-likeness (QED) is 0.411. The van der Waals surface area contributed by atoms with Crippen molar-refractivity contribution in [2.24, 2.45) is 0 Å². The Balaban J connectivity index is 1.56. The van der Waals surface area contributed by atoms with Crippen LogP contribution in [0.1, 0.15) is 10.4 Å². The molecule has 4 rings (SSSR count). The van der Waals surface area contributed by atoms with Gasteiger partial charge in [-0.25, -0.2) is 4.98 Å². The first-order valence-corrected chi connectivity index (χ1v) is 9.70. The van der Waals surface area contributed by atoms with Crippen molar-refractivity contribution in [3.8, 4) is 11.5 Å². The summed E-state index contributed by atoms with van der Waals surface area (Å²) in [5.74, 6) is 1.38. The lowest BCUT2D eigenvalue weighted by Crippen LogP contribution is -2.28. The van der Waals surface area contributed by atoms with E-state index in [2.05, 4.69) is 15.3 Å². The summed E-state index contributed by atoms with van der Waals surface area (Å²) in [5.41, 5.74) is 8.49. The Kier molecular flexibility index (Phi) is 5.28. The molecule has 0 saturated heterocycles. The van der Waals surface area contributed by atoms with Gasteiger partial charge in [-0.2, -0.15) is 0 Å². The third kappa shape index (κ3) is 3.43. The van der Waals surface area contributed by atoms with Crippen LogP contribution in [0.3, 0.4) is 0 Å². The van der Waals surface area contributed by atoms with Crippen LogP contribution in [0.25, 0.3) is 21.8 Å². The van der Waals surface area contributed by atoms with Crippen LogP contribution in [0.5, 0.6) is 11.5 Å². The molecular weight excluding hydrogens is 402 g/mol. The summed E-state index contributed by atoms with van der Waals surface area (Å²) in [5, 5.41) is 4.49. The van der Waals surface area contributed by atoms with E-state index in [0.29, 0.717) is 51.6 Å². The Morgan fingerprint density at radius 2 is 1.93 bits per heavy atom. The molecule has 0 saturated carbocycles. The molecule has 0 aliphatic carbocycles. The third-order valence-corrected chi connectivity index (χ3v) is 5.28. The maximum atomic E-state index is 12.6. The van der Waals surface area contributed by atoms with Crippen LogP contribution in [0.4, 0.5) is 5.82 Å². The van der Waals surface area contributed by atoms with E-state index in [1.54, 1.807) is 37.1 Å². The van der Waals surface area contributed by atoms with Gasteiger partial charge in [0.2, 0.25) is 4.77 Å². The second-order valence-corrected chi connectivity index (χ2v) is 7.02. The predicted octanol–water partition coefficient (Wildman–Crippen LogP) is 3.28. The number of benzene rings is 2. The number of hydrogen-bond donors (Lipinski definition) is 3. The summed E-state index contributed by atoms with van der Waals surface area (Å²) in [4.78, 5) is 20.2. The maximum Gasteiger partial charge on any atom is 0.253 e. The highest BCUT2D eigenvalue weighted by Gasteiger charge is 2.14. The molecule has 0 unspecified atom stereocenters. The molecule has 0 spiro atoms. The lowest BCUT2D eigenvalue weighted by molar-refractivity contribution is 0.0954. The summed E-state index contributed by atoms with van der Waals surface area (Å²) >= 11 is 5.41. The van der Waals surface area contributed by atoms with Crippen molar-refractivity contribution in [2.75, 3.05) is 26.5 Å². The standard InChI is InChI=1S/C21H21N5O3S/c1-28-17-9-13-16(10-18(17)29-2)25-21(30)26(19(13)22)8-7-23-20(27)14-11-24-15-6-4-3-5-12(14)15/h3-6,9-11,24H,7-8,22H2,1-2H3,(H,23,27). The first-order chi connectivity index (χ1) is 14.5. The zero-order valence-corrected chi connectivity index (χ0v) is 17.4. The number of anilines is 1. The van der Waals surface area contributed by atoms with Gasteiger partial charge in [-0.15, -0.1) is 0 Å². The fourth-order valence-electron chi connectivity index (χ4n) is 3.43. The normalized spacial score (nSPS) is 11.0. The van der Waals surface area contributed by atoms with E-state index in [1.165, 1.54) is 0 Å². The number of nitrogen functional groups attached to an aromatic ring is 1. The highest BCUT2D eigenvalue weighted by molar-refractivity contribution is 7.71. The van der Waals surface area contributed by atoms with E-state index in [9.17, 15) is 4.79 Å². The summed E-state index contributed by atoms with van der Waals surface area (Å²) in [7, 11) is 3.12. The maximum absolute atomic E-state index is 12.6. The minimum Gasteiger partial charge on any atom is -0.493 e. The number of methoxy groups -OCH3 is 2. The number of nitrogens with two attached hydrogens (primary N) is 1. The number of carbonyl (C=O) groups is 1. The van der Waals surface area contributed by atoms with Crippen molar-refractivity contribution in [1.82, 2.24) is 19.9 Å². The largest absolute Gasteiger partial charge is 0.493 e. The molecule has 2 heterocycles. The van der Waals surface area contributed by atoms with Gasteiger partial charge in [0.1, 0.15) is 5.82 Å². The van der Waals surface area contributed by atoms with Gasteiger partial charge in [-0.05, 0) is 24.4 Å². The van der Waals surface area contributed by atoms with Crippen LogP contribution in [-0.4, -0.2) is 41.2 Å². The Morgan fingerprint density at radius 1 is 1.20 bits per heavy atom. The van der Waals surface area contributed by atoms with Gasteiger partial charge in [0.25, 0.3) is 5.91 Å². The van der Waals surface area contributed by atoms with Crippen LogP contribution in [-0.2, 0) is 6.54 Å². The van der Waals surface area contributed by atoms with Crippen LogP contribution in [0.2, 0.25) is 0 Å². The molecule has 154 valence electrons. The molecular formula is C21H21N5O3S. The van der Waals surface area contributed by atoms with E-state index in [1.807, 2.05) is 24.3 Å². The minimum absolute atomic E-state index is 0.169. The van der Waals surface area contributed by atoms with Crippen molar-refractivity contribution in [1.29, 1.82) is 0 Å². The molecule has 0 radical (unpaired) electrons. The smallest absolute Gasteiger partial charge is 0.253 e. The Morgan fingerprint density at radius 3 is 2.70 bits per heavy atom. The molecule has 0 fully saturated rings. The number of ether oxygens (including phenoxy) is 2. The van der Waals surface area contributed by atoms with Crippen molar-refractivity contribution in [2.45, 2.75) is 6.54 Å². The minimum atomic E-state index is -0.169. The number of para-hydroxylation sites is 1. The molecule has 9 heteroatoms. The number of rotatable bonds is 6. The van der Waals surface area contributed by atoms with E-state index in [-0.39, 0.29) is 5.91 Å². The summed E-state index contributed by atoms with van der Waals surface area (Å²) < 4.78 is 12.7. The van der Waals surface area contributed by atoms with Crippen LogP contribution < -0.4 is 20.5 Å². The molecule has 30 heavy (non-hydrogen) atoms. The highest BCUT2D eigenvalue weighted by atomic mass is 32.1. The Bertz CT molecular complexity index is 1310. The van der Waals surface area contributed by atoms with Gasteiger partial charge in [-0.3, -0.25) is 4.79 Å². The van der Waals surface area contributed by atoms with Gasteiger partial charge in [0.15, 0.2) is 11.5 Å². The molecule has 0 bridgehead atoms. The summed E-state index contributed by atoms with van der Waals surface area (Å²) in [6.07, 6.45) is 1.71. The average Bonchev–Trinajstić information content (AvgIpc) is 3.19. The number of amides is 1. The van der Waals surface area contributed by atoms with Crippen molar-refractivity contribution >= 4 is 45.7 Å². The van der Waals surface area contributed by atoms with E-state index in [4.69, 9.17) is 27.4 Å². The number of fused-ring (bicyclic) bond motifs is 2. The zero-order chi connectivity index (χ0) is 21.3. The molecule has 0 aliphatic heterocycles. The molecule has 1 amide bonds. The van der Waals surface area contributed by atoms with E-state index in [0.717, 1.165) is 10.9 Å². The number of aromatic nitrogens is 3. The summed E-state index contributed by atoms with van der Waals surface area (Å²) in [6, 6.07) is 11.2. The molecule has 4 aromatic rings. The molecule has 2 aromatic heterocycles. The van der Waals surface area contributed by atoms with Gasteiger partial charge in [0, 0.05) is 41.6 Å². The third-order valence-electron chi connectivity index (χ3n) is 4.97. The Hall–Kier alpha value is -3.59. The number of carbonyl (C=O) groups excluding carboxylic acids is 1. The van der Waals surface area contributed by atoms with Crippen molar-refractivity contribution in [3.05, 3.63) is 52.9 Å². The van der Waals surface area contributed by atoms with E-state index >= 15 is 0 Å². The number of aromatic amines is 1. The predicted molar refractivity (Wildman–Crippen MR) is 119 cm³/mol. The first kappa shape index (κ1) is 19.7. The molecule has 0 aliphatic rings. The van der Waals surface area contributed by atoms with Crippen LogP contribution >= 0.6 is 12.2 Å². The molecule has 8 nitrogen and oxygen atoms in total. The molecule has 0 atom stereocenters. The number of nitrogens with zero attached hydrogens (tertiary/aromatic N) is 2. The summed E-state index contributed by atoms with van der Waals surface area (Å²) in [6.45, 7) is 0.730. The van der Waals surface area contributed by atoms with Gasteiger partial charge in [0.05, 0.1) is 25.3 Å². The van der Waals surface area contributed by atoms with Crippen molar-refractivity contribution < 1.29 is 14.3 Å². The van der Waals surface area contributed by atoms with Crippen LogP contribution in [0.15, 0.2) is 42.6 Å². The zero-order valence-electron chi connectivity index (χ0n) is 16.6. The topological polar surface area (TPSA) is 107 Å².